The Labute approximate surface area is 126 Å². The van der Waals surface area contributed by atoms with E-state index in [0.29, 0.717) is 16.4 Å². The molecule has 0 aliphatic rings. The zero-order valence-electron chi connectivity index (χ0n) is 11.1. The summed E-state index contributed by atoms with van der Waals surface area (Å²) in [6.07, 6.45) is 0. The summed E-state index contributed by atoms with van der Waals surface area (Å²) in [5.74, 6) is -1.30. The molecule has 2 aromatic carbocycles. The van der Waals surface area contributed by atoms with Gasteiger partial charge in [-0.15, -0.1) is 0 Å². The van der Waals surface area contributed by atoms with Crippen LogP contribution in [-0.2, 0) is 0 Å². The van der Waals surface area contributed by atoms with E-state index >= 15 is 0 Å². The first kappa shape index (κ1) is 14.9. The quantitative estimate of drug-likeness (QED) is 0.914. The number of hydrogen-bond acceptors (Lipinski definition) is 3. The van der Waals surface area contributed by atoms with Gasteiger partial charge in [0.1, 0.15) is 0 Å². The van der Waals surface area contributed by atoms with Gasteiger partial charge >= 0.3 is 6.03 Å². The van der Waals surface area contributed by atoms with Crippen LogP contribution in [0.15, 0.2) is 42.5 Å². The van der Waals surface area contributed by atoms with Crippen molar-refractivity contribution in [1.82, 2.24) is 0 Å². The van der Waals surface area contributed by atoms with E-state index in [1.165, 1.54) is 12.1 Å². The summed E-state index contributed by atoms with van der Waals surface area (Å²) < 4.78 is 0. The third-order valence-electron chi connectivity index (χ3n) is 2.80. The van der Waals surface area contributed by atoms with Crippen molar-refractivity contribution in [3.8, 4) is 0 Å². The lowest BCUT2D eigenvalue weighted by Gasteiger charge is -2.12. The molecule has 0 fully saturated rings. The van der Waals surface area contributed by atoms with Crippen LogP contribution in [0.3, 0.4) is 0 Å². The fourth-order valence-corrected chi connectivity index (χ4v) is 1.92. The molecule has 0 spiro atoms. The van der Waals surface area contributed by atoms with E-state index < -0.39 is 12.0 Å². The van der Waals surface area contributed by atoms with E-state index in [2.05, 4.69) is 10.6 Å². The number of anilines is 2. The van der Waals surface area contributed by atoms with Crippen molar-refractivity contribution >= 4 is 35.0 Å². The standard InChI is InChI=1S/C15H13ClN2O3/c1-9-5-6-10(14(19)20)7-13(9)18-15(21)17-12-4-2-3-11(16)8-12/h2-8H,1H3,(H,19,20)(H2,17,18,21)/p-1. The summed E-state index contributed by atoms with van der Waals surface area (Å²) in [5.41, 5.74) is 1.67. The molecule has 0 radical (unpaired) electrons. The minimum absolute atomic E-state index is 0.00124. The summed E-state index contributed by atoms with van der Waals surface area (Å²) in [5, 5.41) is 16.5. The van der Waals surface area contributed by atoms with Gasteiger partial charge in [-0.1, -0.05) is 29.8 Å². The SMILES string of the molecule is Cc1ccc(C(=O)[O-])cc1NC(=O)Nc1cccc(Cl)c1. The van der Waals surface area contributed by atoms with Gasteiger partial charge in [-0.05, 0) is 42.3 Å². The number of carboxylic acid groups (broad SMARTS) is 1. The van der Waals surface area contributed by atoms with Crippen molar-refractivity contribution in [2.45, 2.75) is 6.92 Å². The van der Waals surface area contributed by atoms with E-state index in [4.69, 9.17) is 11.6 Å². The van der Waals surface area contributed by atoms with E-state index in [-0.39, 0.29) is 5.56 Å². The number of benzene rings is 2. The Hall–Kier alpha value is -2.53. The summed E-state index contributed by atoms with van der Waals surface area (Å²) in [6.45, 7) is 1.76. The van der Waals surface area contributed by atoms with Gasteiger partial charge < -0.3 is 20.5 Å². The van der Waals surface area contributed by atoms with Gasteiger partial charge in [0.2, 0.25) is 0 Å². The first-order valence-corrected chi connectivity index (χ1v) is 6.49. The maximum absolute atomic E-state index is 11.9. The number of halogens is 1. The number of carbonyl (C=O) groups excluding carboxylic acids is 2. The first-order valence-electron chi connectivity index (χ1n) is 6.11. The molecule has 108 valence electrons. The second kappa shape index (κ2) is 6.28. The Bertz CT molecular complexity index is 701. The predicted octanol–water partition coefficient (Wildman–Crippen LogP) is 2.66. The highest BCUT2D eigenvalue weighted by Gasteiger charge is 2.06. The molecule has 2 N–H and O–H groups in total. The second-order valence-electron chi connectivity index (χ2n) is 4.41. The molecule has 0 saturated heterocycles. The summed E-state index contributed by atoms with van der Waals surface area (Å²) in [7, 11) is 0. The van der Waals surface area contributed by atoms with Crippen LogP contribution in [0, 0.1) is 6.92 Å². The molecular formula is C15H12ClN2O3-. The van der Waals surface area contributed by atoms with E-state index in [1.54, 1.807) is 37.3 Å². The smallest absolute Gasteiger partial charge is 0.323 e. The number of amides is 2. The monoisotopic (exact) mass is 303 g/mol. The maximum atomic E-state index is 11.9. The van der Waals surface area contributed by atoms with Crippen LogP contribution in [0.1, 0.15) is 15.9 Å². The largest absolute Gasteiger partial charge is 0.545 e. The Balaban J connectivity index is 2.12. The molecule has 0 aromatic heterocycles. The molecule has 0 heterocycles. The van der Waals surface area contributed by atoms with Crippen LogP contribution >= 0.6 is 11.6 Å². The molecular weight excluding hydrogens is 292 g/mol. The minimum Gasteiger partial charge on any atom is -0.545 e. The predicted molar refractivity (Wildman–Crippen MR) is 79.6 cm³/mol. The topological polar surface area (TPSA) is 81.3 Å². The van der Waals surface area contributed by atoms with Gasteiger partial charge in [0.25, 0.3) is 0 Å². The Morgan fingerprint density at radius 2 is 1.86 bits per heavy atom. The van der Waals surface area contributed by atoms with Crippen molar-refractivity contribution in [3.05, 3.63) is 58.6 Å². The fourth-order valence-electron chi connectivity index (χ4n) is 1.73. The molecule has 2 amide bonds. The third-order valence-corrected chi connectivity index (χ3v) is 3.04. The molecule has 0 atom stereocenters. The molecule has 2 aromatic rings. The average molecular weight is 304 g/mol. The molecule has 0 bridgehead atoms. The lowest BCUT2D eigenvalue weighted by atomic mass is 10.1. The number of carbonyl (C=O) groups is 2. The molecule has 0 unspecified atom stereocenters. The number of rotatable bonds is 3. The van der Waals surface area contributed by atoms with E-state index in [1.807, 2.05) is 0 Å². The van der Waals surface area contributed by atoms with Crippen LogP contribution in [0.4, 0.5) is 16.2 Å². The fraction of sp³-hybridized carbons (Fsp3) is 0.0667. The van der Waals surface area contributed by atoms with Crippen molar-refractivity contribution in [3.63, 3.8) is 0 Å². The van der Waals surface area contributed by atoms with Gasteiger partial charge in [-0.3, -0.25) is 0 Å². The normalized spacial score (nSPS) is 10.0. The summed E-state index contributed by atoms with van der Waals surface area (Å²) in [4.78, 5) is 22.7. The molecule has 6 heteroatoms. The van der Waals surface area contributed by atoms with Gasteiger partial charge in [0.05, 0.1) is 5.97 Å². The average Bonchev–Trinajstić information content (AvgIpc) is 2.41. The van der Waals surface area contributed by atoms with Crippen LogP contribution < -0.4 is 15.7 Å². The first-order chi connectivity index (χ1) is 9.95. The maximum Gasteiger partial charge on any atom is 0.323 e. The number of nitrogens with one attached hydrogen (secondary N) is 2. The van der Waals surface area contributed by atoms with Crippen LogP contribution in [0.25, 0.3) is 0 Å². The highest BCUT2D eigenvalue weighted by molar-refractivity contribution is 6.30. The number of hydrogen-bond donors (Lipinski definition) is 2. The van der Waals surface area contributed by atoms with Crippen molar-refractivity contribution in [2.24, 2.45) is 0 Å². The molecule has 0 saturated carbocycles. The van der Waals surface area contributed by atoms with E-state index in [0.717, 1.165) is 5.56 Å². The zero-order valence-corrected chi connectivity index (χ0v) is 11.9. The third kappa shape index (κ3) is 3.97. The number of aromatic carboxylic acids is 1. The van der Waals surface area contributed by atoms with Gasteiger partial charge in [-0.25, -0.2) is 4.79 Å². The Morgan fingerprint density at radius 1 is 1.10 bits per heavy atom. The zero-order chi connectivity index (χ0) is 15.4. The molecule has 0 aliphatic carbocycles. The van der Waals surface area contributed by atoms with Crippen LogP contribution in [0.2, 0.25) is 5.02 Å². The summed E-state index contributed by atoms with van der Waals surface area (Å²) in [6, 6.07) is 10.6. The summed E-state index contributed by atoms with van der Waals surface area (Å²) >= 11 is 5.83. The van der Waals surface area contributed by atoms with Gasteiger partial charge in [0, 0.05) is 16.4 Å². The molecule has 0 aliphatic heterocycles. The second-order valence-corrected chi connectivity index (χ2v) is 4.84. The van der Waals surface area contributed by atoms with E-state index in [9.17, 15) is 14.7 Å². The van der Waals surface area contributed by atoms with Gasteiger partial charge in [-0.2, -0.15) is 0 Å². The van der Waals surface area contributed by atoms with Crippen molar-refractivity contribution in [2.75, 3.05) is 10.6 Å². The van der Waals surface area contributed by atoms with Crippen LogP contribution in [0.5, 0.6) is 0 Å². The minimum atomic E-state index is -1.30. The number of urea groups is 1. The Morgan fingerprint density at radius 3 is 2.52 bits per heavy atom. The number of carboxylic acids is 1. The number of aryl methyl sites for hydroxylation is 1. The van der Waals surface area contributed by atoms with Crippen molar-refractivity contribution < 1.29 is 14.7 Å². The van der Waals surface area contributed by atoms with Crippen LogP contribution in [-0.4, -0.2) is 12.0 Å². The highest BCUT2D eigenvalue weighted by Crippen LogP contribution is 2.18. The molecule has 21 heavy (non-hydrogen) atoms. The lowest BCUT2D eigenvalue weighted by Crippen LogP contribution is -2.23. The highest BCUT2D eigenvalue weighted by atomic mass is 35.5. The molecule has 5 nitrogen and oxygen atoms in total. The lowest BCUT2D eigenvalue weighted by molar-refractivity contribution is -0.255. The van der Waals surface area contributed by atoms with Crippen molar-refractivity contribution in [1.29, 1.82) is 0 Å². The molecule has 2 rings (SSSR count). The Kier molecular flexibility index (Phi) is 4.45. The van der Waals surface area contributed by atoms with Gasteiger partial charge in [0.15, 0.2) is 0 Å².